The highest BCUT2D eigenvalue weighted by Crippen LogP contribution is 2.22. The summed E-state index contributed by atoms with van der Waals surface area (Å²) in [6.45, 7) is 1.77. The molecule has 1 aromatic rings. The first-order chi connectivity index (χ1) is 8.04. The Morgan fingerprint density at radius 1 is 1.59 bits per heavy atom. The van der Waals surface area contributed by atoms with E-state index in [0.29, 0.717) is 10.9 Å². The van der Waals surface area contributed by atoms with E-state index < -0.39 is 11.8 Å². The fourth-order valence-corrected chi connectivity index (χ4v) is 1.54. The molecule has 0 bridgehead atoms. The molecule has 1 rings (SSSR count). The lowest BCUT2D eigenvalue weighted by molar-refractivity contribution is -0.132. The van der Waals surface area contributed by atoms with Crippen molar-refractivity contribution >= 4 is 21.9 Å². The minimum absolute atomic E-state index is 0.0306. The van der Waals surface area contributed by atoms with Crippen molar-refractivity contribution in [1.29, 1.82) is 0 Å². The van der Waals surface area contributed by atoms with Crippen LogP contribution in [0.15, 0.2) is 34.3 Å². The van der Waals surface area contributed by atoms with E-state index in [2.05, 4.69) is 15.9 Å². The van der Waals surface area contributed by atoms with Gasteiger partial charge in [0.1, 0.15) is 6.61 Å². The fourth-order valence-electron chi connectivity index (χ4n) is 1.20. The average Bonchev–Trinajstić information content (AvgIpc) is 2.28. The van der Waals surface area contributed by atoms with Gasteiger partial charge in [0.15, 0.2) is 11.6 Å². The Labute approximate surface area is 107 Å². The number of benzene rings is 1. The molecule has 0 saturated carbocycles. The average molecular weight is 303 g/mol. The van der Waals surface area contributed by atoms with Crippen LogP contribution in [0, 0.1) is 5.82 Å². The molecule has 1 aromatic carbocycles. The molecule has 5 heteroatoms. The third-order valence-corrected chi connectivity index (χ3v) is 2.61. The summed E-state index contributed by atoms with van der Waals surface area (Å²) in [5, 5.41) is 8.76. The zero-order valence-electron chi connectivity index (χ0n) is 9.24. The maximum absolute atomic E-state index is 13.3. The summed E-state index contributed by atoms with van der Waals surface area (Å²) >= 11 is 3.20. The number of aliphatic carboxylic acids is 1. The molecule has 0 radical (unpaired) electrons. The number of ether oxygens (including phenoxy) is 1. The molecular weight excluding hydrogens is 291 g/mol. The normalized spacial score (nSPS) is 11.4. The van der Waals surface area contributed by atoms with Crippen LogP contribution in [-0.2, 0) is 4.79 Å². The van der Waals surface area contributed by atoms with Gasteiger partial charge in [0, 0.05) is 10.0 Å². The van der Waals surface area contributed by atoms with Crippen LogP contribution < -0.4 is 4.74 Å². The van der Waals surface area contributed by atoms with E-state index in [1.807, 2.05) is 0 Å². The van der Waals surface area contributed by atoms with Crippen molar-refractivity contribution in [1.82, 2.24) is 0 Å². The standard InChI is InChI=1S/C12H12BrFO3/c1-2-8(12(15)16)5-6-17-11-7-9(13)3-4-10(11)14/h3-5,7H,2,6H2,1H3,(H,15,16)/b8-5-. The van der Waals surface area contributed by atoms with Crippen LogP contribution in [0.1, 0.15) is 13.3 Å². The van der Waals surface area contributed by atoms with E-state index in [0.717, 1.165) is 0 Å². The van der Waals surface area contributed by atoms with Crippen molar-refractivity contribution < 1.29 is 19.0 Å². The maximum Gasteiger partial charge on any atom is 0.331 e. The van der Waals surface area contributed by atoms with Gasteiger partial charge in [-0.15, -0.1) is 0 Å². The van der Waals surface area contributed by atoms with Gasteiger partial charge < -0.3 is 9.84 Å². The molecule has 0 heterocycles. The quantitative estimate of drug-likeness (QED) is 0.848. The van der Waals surface area contributed by atoms with Crippen molar-refractivity contribution in [3.63, 3.8) is 0 Å². The van der Waals surface area contributed by atoms with Gasteiger partial charge in [-0.05, 0) is 30.7 Å². The van der Waals surface area contributed by atoms with Gasteiger partial charge >= 0.3 is 5.97 Å². The lowest BCUT2D eigenvalue weighted by Gasteiger charge is -2.05. The van der Waals surface area contributed by atoms with Gasteiger partial charge in [0.05, 0.1) is 0 Å². The second kappa shape index (κ2) is 6.39. The smallest absolute Gasteiger partial charge is 0.331 e. The van der Waals surface area contributed by atoms with Crippen LogP contribution in [0.5, 0.6) is 5.75 Å². The number of hydrogen-bond acceptors (Lipinski definition) is 2. The lowest BCUT2D eigenvalue weighted by Crippen LogP contribution is -2.03. The van der Waals surface area contributed by atoms with Gasteiger partial charge in [0.2, 0.25) is 0 Å². The molecule has 0 aromatic heterocycles. The van der Waals surface area contributed by atoms with E-state index >= 15 is 0 Å². The molecule has 0 atom stereocenters. The fraction of sp³-hybridized carbons (Fsp3) is 0.250. The third kappa shape index (κ3) is 4.19. The second-order valence-corrected chi connectivity index (χ2v) is 4.19. The highest BCUT2D eigenvalue weighted by Gasteiger charge is 2.05. The first-order valence-corrected chi connectivity index (χ1v) is 5.84. The molecule has 0 aliphatic rings. The molecule has 17 heavy (non-hydrogen) atoms. The highest BCUT2D eigenvalue weighted by molar-refractivity contribution is 9.10. The van der Waals surface area contributed by atoms with E-state index in [-0.39, 0.29) is 17.9 Å². The van der Waals surface area contributed by atoms with Crippen LogP contribution >= 0.6 is 15.9 Å². The number of carbonyl (C=O) groups is 1. The van der Waals surface area contributed by atoms with Crippen LogP contribution in [0.25, 0.3) is 0 Å². The number of rotatable bonds is 5. The van der Waals surface area contributed by atoms with E-state index in [1.54, 1.807) is 13.0 Å². The first kappa shape index (κ1) is 13.7. The van der Waals surface area contributed by atoms with Crippen molar-refractivity contribution in [3.05, 3.63) is 40.1 Å². The Kier molecular flexibility index (Phi) is 5.15. The summed E-state index contributed by atoms with van der Waals surface area (Å²) < 4.78 is 19.1. The monoisotopic (exact) mass is 302 g/mol. The van der Waals surface area contributed by atoms with Crippen LogP contribution in [0.4, 0.5) is 4.39 Å². The van der Waals surface area contributed by atoms with E-state index in [1.165, 1.54) is 18.2 Å². The maximum atomic E-state index is 13.3. The van der Waals surface area contributed by atoms with Crippen molar-refractivity contribution in [2.45, 2.75) is 13.3 Å². The molecule has 3 nitrogen and oxygen atoms in total. The summed E-state index contributed by atoms with van der Waals surface area (Å²) in [7, 11) is 0. The molecular formula is C12H12BrFO3. The molecule has 0 saturated heterocycles. The minimum Gasteiger partial charge on any atom is -0.486 e. The zero-order valence-corrected chi connectivity index (χ0v) is 10.8. The zero-order chi connectivity index (χ0) is 12.8. The topological polar surface area (TPSA) is 46.5 Å². The summed E-state index contributed by atoms with van der Waals surface area (Å²) in [6, 6.07) is 4.34. The SMILES string of the molecule is CC/C(=C/COc1cc(Br)ccc1F)C(=O)O. The van der Waals surface area contributed by atoms with Gasteiger partial charge in [-0.1, -0.05) is 22.9 Å². The molecule has 0 amide bonds. The van der Waals surface area contributed by atoms with Crippen molar-refractivity contribution in [2.75, 3.05) is 6.61 Å². The Hall–Kier alpha value is -1.36. The van der Waals surface area contributed by atoms with Crippen LogP contribution in [0.2, 0.25) is 0 Å². The van der Waals surface area contributed by atoms with Crippen LogP contribution in [-0.4, -0.2) is 17.7 Å². The van der Waals surface area contributed by atoms with Gasteiger partial charge in [0.25, 0.3) is 0 Å². The van der Waals surface area contributed by atoms with Gasteiger partial charge in [-0.25, -0.2) is 9.18 Å². The summed E-state index contributed by atoms with van der Waals surface area (Å²) in [5.74, 6) is -1.36. The summed E-state index contributed by atoms with van der Waals surface area (Å²) in [4.78, 5) is 10.7. The number of halogens is 2. The predicted octanol–water partition coefficient (Wildman–Crippen LogP) is 3.39. The lowest BCUT2D eigenvalue weighted by atomic mass is 10.2. The third-order valence-electron chi connectivity index (χ3n) is 2.12. The molecule has 0 unspecified atom stereocenters. The molecule has 0 aliphatic heterocycles. The van der Waals surface area contributed by atoms with Gasteiger partial charge in [-0.2, -0.15) is 0 Å². The first-order valence-electron chi connectivity index (χ1n) is 5.04. The number of carboxylic acids is 1. The Balaban J connectivity index is 2.67. The highest BCUT2D eigenvalue weighted by atomic mass is 79.9. The number of hydrogen-bond donors (Lipinski definition) is 1. The second-order valence-electron chi connectivity index (χ2n) is 3.27. The summed E-state index contributed by atoms with van der Waals surface area (Å²) in [5.41, 5.74) is 0.250. The molecule has 92 valence electrons. The Morgan fingerprint density at radius 3 is 2.88 bits per heavy atom. The van der Waals surface area contributed by atoms with E-state index in [4.69, 9.17) is 9.84 Å². The van der Waals surface area contributed by atoms with Crippen molar-refractivity contribution in [3.8, 4) is 5.75 Å². The molecule has 0 aliphatic carbocycles. The minimum atomic E-state index is -0.981. The molecule has 1 N–H and O–H groups in total. The Bertz CT molecular complexity index is 443. The van der Waals surface area contributed by atoms with E-state index in [9.17, 15) is 9.18 Å². The van der Waals surface area contributed by atoms with Gasteiger partial charge in [-0.3, -0.25) is 0 Å². The van der Waals surface area contributed by atoms with Crippen molar-refractivity contribution in [2.24, 2.45) is 0 Å². The molecule has 0 fully saturated rings. The Morgan fingerprint density at radius 2 is 2.29 bits per heavy atom. The van der Waals surface area contributed by atoms with Crippen LogP contribution in [0.3, 0.4) is 0 Å². The molecule has 0 spiro atoms. The summed E-state index contributed by atoms with van der Waals surface area (Å²) in [6.07, 6.45) is 1.84. The predicted molar refractivity (Wildman–Crippen MR) is 65.6 cm³/mol. The number of carboxylic acid groups (broad SMARTS) is 1. The largest absolute Gasteiger partial charge is 0.486 e.